The van der Waals surface area contributed by atoms with Crippen molar-refractivity contribution in [2.45, 2.75) is 5.16 Å². The number of nitrogens with zero attached hydrogens (tertiary/aromatic N) is 4. The largest absolute Gasteiger partial charge is 0.455 e. The van der Waals surface area contributed by atoms with Gasteiger partial charge in [-0.3, -0.25) is 14.3 Å². The first-order valence-corrected chi connectivity index (χ1v) is 12.0. The molecule has 5 rings (SSSR count). The van der Waals surface area contributed by atoms with Gasteiger partial charge in [-0.05, 0) is 60.7 Å². The summed E-state index contributed by atoms with van der Waals surface area (Å²) in [7, 11) is 0. The number of thioether (sulfide) groups is 1. The Kier molecular flexibility index (Phi) is 7.00. The molecule has 2 heterocycles. The van der Waals surface area contributed by atoms with E-state index in [0.29, 0.717) is 33.9 Å². The average Bonchev–Trinajstić information content (AvgIpc) is 3.34. The van der Waals surface area contributed by atoms with Crippen LogP contribution in [0, 0.1) is 5.82 Å². The zero-order valence-electron chi connectivity index (χ0n) is 18.9. The minimum Gasteiger partial charge on any atom is -0.455 e. The number of halogens is 1. The molecule has 5 aromatic rings. The topological polar surface area (TPSA) is 81.9 Å². The van der Waals surface area contributed by atoms with E-state index in [-0.39, 0.29) is 17.5 Å². The summed E-state index contributed by atoms with van der Waals surface area (Å²) in [5.74, 6) is 1.27. The maximum absolute atomic E-state index is 13.6. The van der Waals surface area contributed by atoms with Crippen LogP contribution < -0.4 is 10.1 Å². The number of aromatic nitrogens is 4. The molecule has 0 unspecified atom stereocenters. The van der Waals surface area contributed by atoms with Crippen LogP contribution in [0.25, 0.3) is 17.1 Å². The Balaban J connectivity index is 1.35. The lowest BCUT2D eigenvalue weighted by atomic mass is 10.2. The first-order valence-electron chi connectivity index (χ1n) is 11.0. The Morgan fingerprint density at radius 3 is 2.39 bits per heavy atom. The molecular formula is C27H20FN5O2S. The van der Waals surface area contributed by atoms with Crippen LogP contribution in [-0.4, -0.2) is 31.4 Å². The highest BCUT2D eigenvalue weighted by Gasteiger charge is 2.18. The molecule has 178 valence electrons. The number of para-hydroxylation sites is 3. The standard InChI is InChI=1S/C27H20FN5O2S/c28-20-10-12-21(13-11-20)33-26(19-14-16-29-17-15-19)31-32-27(33)36-18-25(34)30-23-8-4-5-9-24(23)35-22-6-2-1-3-7-22/h1-17H,18H2,(H,30,34). The molecule has 0 atom stereocenters. The van der Waals surface area contributed by atoms with E-state index in [9.17, 15) is 9.18 Å². The molecule has 2 aromatic heterocycles. The second-order valence-corrected chi connectivity index (χ2v) is 8.54. The Hall–Kier alpha value is -4.50. The van der Waals surface area contributed by atoms with Crippen LogP contribution in [0.3, 0.4) is 0 Å². The van der Waals surface area contributed by atoms with Gasteiger partial charge in [0.05, 0.1) is 11.4 Å². The average molecular weight is 498 g/mol. The lowest BCUT2D eigenvalue weighted by molar-refractivity contribution is -0.113. The number of ether oxygens (including phenoxy) is 1. The van der Waals surface area contributed by atoms with Gasteiger partial charge in [-0.2, -0.15) is 0 Å². The van der Waals surface area contributed by atoms with Gasteiger partial charge >= 0.3 is 0 Å². The predicted molar refractivity (Wildman–Crippen MR) is 137 cm³/mol. The van der Waals surface area contributed by atoms with Crippen LogP contribution >= 0.6 is 11.8 Å². The monoisotopic (exact) mass is 497 g/mol. The Morgan fingerprint density at radius 2 is 1.61 bits per heavy atom. The highest BCUT2D eigenvalue weighted by molar-refractivity contribution is 7.99. The Morgan fingerprint density at radius 1 is 0.889 bits per heavy atom. The van der Waals surface area contributed by atoms with Gasteiger partial charge in [0, 0.05) is 23.6 Å². The van der Waals surface area contributed by atoms with Crippen molar-refractivity contribution in [1.82, 2.24) is 19.7 Å². The van der Waals surface area contributed by atoms with Crippen LogP contribution in [0.2, 0.25) is 0 Å². The van der Waals surface area contributed by atoms with Gasteiger partial charge in [-0.25, -0.2) is 4.39 Å². The van der Waals surface area contributed by atoms with E-state index in [0.717, 1.165) is 5.56 Å². The zero-order valence-corrected chi connectivity index (χ0v) is 19.7. The van der Waals surface area contributed by atoms with Gasteiger partial charge in [0.15, 0.2) is 16.7 Å². The van der Waals surface area contributed by atoms with Gasteiger partial charge in [0.2, 0.25) is 5.91 Å². The fourth-order valence-corrected chi connectivity index (χ4v) is 4.22. The van der Waals surface area contributed by atoms with Gasteiger partial charge in [0.25, 0.3) is 0 Å². The van der Waals surface area contributed by atoms with E-state index in [1.807, 2.05) is 54.6 Å². The van der Waals surface area contributed by atoms with Crippen LogP contribution in [0.15, 0.2) is 109 Å². The van der Waals surface area contributed by atoms with E-state index in [2.05, 4.69) is 20.5 Å². The summed E-state index contributed by atoms with van der Waals surface area (Å²) < 4.78 is 21.3. The molecule has 1 amide bonds. The number of carbonyl (C=O) groups is 1. The number of hydrogen-bond donors (Lipinski definition) is 1. The second-order valence-electron chi connectivity index (χ2n) is 7.60. The molecule has 0 radical (unpaired) electrons. The normalized spacial score (nSPS) is 10.7. The zero-order chi connectivity index (χ0) is 24.7. The molecule has 0 bridgehead atoms. The SMILES string of the molecule is O=C(CSc1nnc(-c2ccncc2)n1-c1ccc(F)cc1)Nc1ccccc1Oc1ccccc1. The molecule has 0 aliphatic heterocycles. The Bertz CT molecular complexity index is 1460. The Labute approximate surface area is 211 Å². The first kappa shape index (κ1) is 23.3. The number of carbonyl (C=O) groups excluding carboxylic acids is 1. The van der Waals surface area contributed by atoms with Gasteiger partial charge < -0.3 is 10.1 Å². The van der Waals surface area contributed by atoms with E-state index < -0.39 is 0 Å². The third kappa shape index (κ3) is 5.42. The van der Waals surface area contributed by atoms with Gasteiger partial charge in [0.1, 0.15) is 11.6 Å². The van der Waals surface area contributed by atoms with Crippen molar-refractivity contribution in [2.24, 2.45) is 0 Å². The third-order valence-electron chi connectivity index (χ3n) is 5.12. The van der Waals surface area contributed by atoms with Crippen molar-refractivity contribution in [3.8, 4) is 28.6 Å². The first-order chi connectivity index (χ1) is 17.7. The summed E-state index contributed by atoms with van der Waals surface area (Å²) in [5.41, 5.74) is 2.03. The highest BCUT2D eigenvalue weighted by atomic mass is 32.2. The summed E-state index contributed by atoms with van der Waals surface area (Å²) in [6, 6.07) is 26.3. The van der Waals surface area contributed by atoms with Crippen molar-refractivity contribution in [3.63, 3.8) is 0 Å². The van der Waals surface area contributed by atoms with Crippen molar-refractivity contribution in [3.05, 3.63) is 109 Å². The van der Waals surface area contributed by atoms with Crippen LogP contribution in [0.4, 0.5) is 10.1 Å². The number of benzene rings is 3. The predicted octanol–water partition coefficient (Wildman–Crippen LogP) is 5.99. The molecule has 36 heavy (non-hydrogen) atoms. The quantitative estimate of drug-likeness (QED) is 0.265. The lowest BCUT2D eigenvalue weighted by Crippen LogP contribution is -2.15. The minimum atomic E-state index is -0.345. The van der Waals surface area contributed by atoms with Crippen molar-refractivity contribution in [2.75, 3.05) is 11.1 Å². The molecule has 7 nitrogen and oxygen atoms in total. The maximum Gasteiger partial charge on any atom is 0.234 e. The van der Waals surface area contributed by atoms with Crippen LogP contribution in [0.1, 0.15) is 0 Å². The molecule has 0 saturated carbocycles. The summed E-state index contributed by atoms with van der Waals surface area (Å²) in [4.78, 5) is 16.9. The highest BCUT2D eigenvalue weighted by Crippen LogP contribution is 2.31. The molecule has 3 aromatic carbocycles. The van der Waals surface area contributed by atoms with Crippen LogP contribution in [-0.2, 0) is 4.79 Å². The van der Waals surface area contributed by atoms with Crippen molar-refractivity contribution < 1.29 is 13.9 Å². The summed E-state index contributed by atoms with van der Waals surface area (Å²) >= 11 is 1.23. The number of anilines is 1. The minimum absolute atomic E-state index is 0.0787. The summed E-state index contributed by atoms with van der Waals surface area (Å²) in [5, 5.41) is 12.0. The summed E-state index contributed by atoms with van der Waals surface area (Å²) in [6.07, 6.45) is 3.32. The smallest absolute Gasteiger partial charge is 0.234 e. The second kappa shape index (κ2) is 10.8. The van der Waals surface area contributed by atoms with E-state index in [4.69, 9.17) is 4.74 Å². The van der Waals surface area contributed by atoms with E-state index in [1.165, 1.54) is 23.9 Å². The maximum atomic E-state index is 13.6. The van der Waals surface area contributed by atoms with E-state index >= 15 is 0 Å². The van der Waals surface area contributed by atoms with Crippen molar-refractivity contribution in [1.29, 1.82) is 0 Å². The van der Waals surface area contributed by atoms with Crippen LogP contribution in [0.5, 0.6) is 11.5 Å². The molecular weight excluding hydrogens is 477 g/mol. The van der Waals surface area contributed by atoms with Crippen molar-refractivity contribution >= 4 is 23.4 Å². The third-order valence-corrected chi connectivity index (χ3v) is 6.05. The lowest BCUT2D eigenvalue weighted by Gasteiger charge is -2.13. The number of pyridine rings is 1. The number of hydrogen-bond acceptors (Lipinski definition) is 6. The molecule has 0 aliphatic carbocycles. The molecule has 0 fully saturated rings. The molecule has 0 spiro atoms. The number of rotatable bonds is 8. The number of amides is 1. The van der Waals surface area contributed by atoms with E-state index in [1.54, 1.807) is 41.2 Å². The molecule has 9 heteroatoms. The van der Waals surface area contributed by atoms with Gasteiger partial charge in [-0.15, -0.1) is 10.2 Å². The molecule has 0 saturated heterocycles. The number of nitrogens with one attached hydrogen (secondary N) is 1. The molecule has 0 aliphatic rings. The molecule has 1 N–H and O–H groups in total. The fourth-order valence-electron chi connectivity index (χ4n) is 3.47. The van der Waals surface area contributed by atoms with Gasteiger partial charge in [-0.1, -0.05) is 42.1 Å². The fraction of sp³-hybridized carbons (Fsp3) is 0.0370. The summed E-state index contributed by atoms with van der Waals surface area (Å²) in [6.45, 7) is 0.